The van der Waals surface area contributed by atoms with Crippen molar-refractivity contribution in [2.24, 2.45) is 5.73 Å². The van der Waals surface area contributed by atoms with Crippen molar-refractivity contribution in [1.29, 1.82) is 0 Å². The Kier molecular flexibility index (Phi) is 8.49. The van der Waals surface area contributed by atoms with Crippen LogP contribution >= 0.6 is 12.4 Å². The highest BCUT2D eigenvalue weighted by Gasteiger charge is 2.24. The summed E-state index contributed by atoms with van der Waals surface area (Å²) in [6, 6.07) is 0. The summed E-state index contributed by atoms with van der Waals surface area (Å²) in [4.78, 5) is 0. The number of ether oxygens (including phenoxy) is 2. The zero-order valence-corrected chi connectivity index (χ0v) is 7.69. The molecule has 0 aliphatic rings. The molecule has 0 heterocycles. The third-order valence-corrected chi connectivity index (χ3v) is 1.21. The third-order valence-electron chi connectivity index (χ3n) is 1.21. The van der Waals surface area contributed by atoms with Gasteiger partial charge in [-0.1, -0.05) is 0 Å². The predicted molar refractivity (Wildman–Crippen MR) is 45.0 cm³/mol. The van der Waals surface area contributed by atoms with E-state index in [-0.39, 0.29) is 32.2 Å². The van der Waals surface area contributed by atoms with Gasteiger partial charge in [0.1, 0.15) is 5.60 Å². The number of rotatable bonds is 5. The molecule has 0 bridgehead atoms. The lowest BCUT2D eigenvalue weighted by atomic mass is 10.1. The summed E-state index contributed by atoms with van der Waals surface area (Å²) in [5.74, 6) is 0. The molecule has 0 atom stereocenters. The van der Waals surface area contributed by atoms with Crippen LogP contribution in [0.4, 0.5) is 0 Å². The molecule has 70 valence electrons. The quantitative estimate of drug-likeness (QED) is 0.600. The van der Waals surface area contributed by atoms with Crippen LogP contribution in [0.25, 0.3) is 0 Å². The van der Waals surface area contributed by atoms with E-state index in [4.69, 9.17) is 15.2 Å². The fourth-order valence-corrected chi connectivity index (χ4v) is 0.697. The zero-order chi connectivity index (χ0) is 8.04. The third kappa shape index (κ3) is 5.41. The van der Waals surface area contributed by atoms with E-state index in [1.54, 1.807) is 0 Å². The number of halogens is 1. The van der Waals surface area contributed by atoms with E-state index in [1.807, 2.05) is 0 Å². The van der Waals surface area contributed by atoms with Crippen molar-refractivity contribution in [2.45, 2.75) is 5.60 Å². The highest BCUT2D eigenvalue weighted by atomic mass is 35.5. The number of nitrogens with two attached hydrogens (primary N) is 1. The van der Waals surface area contributed by atoms with Gasteiger partial charge < -0.3 is 20.3 Å². The molecule has 0 rings (SSSR count). The topological polar surface area (TPSA) is 64.7 Å². The first-order chi connectivity index (χ1) is 4.68. The number of hydrogen-bond acceptors (Lipinski definition) is 4. The number of aliphatic hydroxyl groups is 1. The Balaban J connectivity index is 0. The smallest absolute Gasteiger partial charge is 0.123 e. The summed E-state index contributed by atoms with van der Waals surface area (Å²) in [5, 5.41) is 9.44. The van der Waals surface area contributed by atoms with Gasteiger partial charge in [-0.05, 0) is 0 Å². The molecule has 0 fully saturated rings. The van der Waals surface area contributed by atoms with Gasteiger partial charge in [-0.15, -0.1) is 12.4 Å². The van der Waals surface area contributed by atoms with E-state index in [9.17, 15) is 5.11 Å². The van der Waals surface area contributed by atoms with E-state index in [0.29, 0.717) is 0 Å². The first-order valence-corrected chi connectivity index (χ1v) is 3.09. The normalized spacial score (nSPS) is 10.9. The average molecular weight is 186 g/mol. The maximum atomic E-state index is 9.44. The fraction of sp³-hybridized carbons (Fsp3) is 1.00. The Hall–Kier alpha value is 0.130. The van der Waals surface area contributed by atoms with Crippen LogP contribution in [0.15, 0.2) is 0 Å². The Morgan fingerprint density at radius 3 is 1.82 bits per heavy atom. The van der Waals surface area contributed by atoms with E-state index in [2.05, 4.69) is 0 Å². The maximum absolute atomic E-state index is 9.44. The van der Waals surface area contributed by atoms with E-state index in [0.717, 1.165) is 0 Å². The fourth-order valence-electron chi connectivity index (χ4n) is 0.697. The summed E-state index contributed by atoms with van der Waals surface area (Å²) < 4.78 is 9.48. The molecular formula is C6H16ClNO3. The van der Waals surface area contributed by atoms with Crippen molar-refractivity contribution in [2.75, 3.05) is 34.0 Å². The van der Waals surface area contributed by atoms with Gasteiger partial charge in [-0.3, -0.25) is 0 Å². The van der Waals surface area contributed by atoms with E-state index < -0.39 is 5.60 Å². The Bertz CT molecular complexity index is 85.9. The number of hydrogen-bond donors (Lipinski definition) is 2. The molecular weight excluding hydrogens is 170 g/mol. The predicted octanol–water partition coefficient (Wildman–Crippen LogP) is -0.609. The Labute approximate surface area is 73.1 Å². The largest absolute Gasteiger partial charge is 0.384 e. The van der Waals surface area contributed by atoms with E-state index >= 15 is 0 Å². The van der Waals surface area contributed by atoms with Crippen molar-refractivity contribution < 1.29 is 14.6 Å². The lowest BCUT2D eigenvalue weighted by Gasteiger charge is -2.23. The molecule has 3 N–H and O–H groups in total. The van der Waals surface area contributed by atoms with Gasteiger partial charge in [0, 0.05) is 20.8 Å². The van der Waals surface area contributed by atoms with Crippen molar-refractivity contribution in [3.63, 3.8) is 0 Å². The molecule has 0 aromatic rings. The standard InChI is InChI=1S/C6H15NO3.ClH/c1-9-4-6(8,3-7)5-10-2;/h8H,3-5,7H2,1-2H3;1H. The van der Waals surface area contributed by atoms with Crippen LogP contribution in [-0.4, -0.2) is 44.7 Å². The lowest BCUT2D eigenvalue weighted by Crippen LogP contribution is -2.46. The second kappa shape index (κ2) is 6.82. The highest BCUT2D eigenvalue weighted by molar-refractivity contribution is 5.85. The minimum absolute atomic E-state index is 0. The molecule has 0 aromatic heterocycles. The van der Waals surface area contributed by atoms with Crippen LogP contribution in [0, 0.1) is 0 Å². The Morgan fingerprint density at radius 1 is 1.27 bits per heavy atom. The summed E-state index contributed by atoms with van der Waals surface area (Å²) in [5.41, 5.74) is 4.24. The molecule has 0 spiro atoms. The van der Waals surface area contributed by atoms with Gasteiger partial charge in [0.15, 0.2) is 0 Å². The first kappa shape index (κ1) is 13.7. The van der Waals surface area contributed by atoms with Crippen LogP contribution in [0.2, 0.25) is 0 Å². The van der Waals surface area contributed by atoms with Crippen molar-refractivity contribution in [3.8, 4) is 0 Å². The minimum atomic E-state index is -1.02. The molecule has 0 unspecified atom stereocenters. The van der Waals surface area contributed by atoms with Gasteiger partial charge in [0.05, 0.1) is 13.2 Å². The van der Waals surface area contributed by atoms with Gasteiger partial charge >= 0.3 is 0 Å². The zero-order valence-electron chi connectivity index (χ0n) is 6.87. The molecule has 0 aliphatic carbocycles. The summed E-state index contributed by atoms with van der Waals surface area (Å²) in [6.45, 7) is 0.559. The molecule has 0 aromatic carbocycles. The summed E-state index contributed by atoms with van der Waals surface area (Å²) >= 11 is 0. The summed E-state index contributed by atoms with van der Waals surface area (Å²) in [6.07, 6.45) is 0. The van der Waals surface area contributed by atoms with Gasteiger partial charge in [-0.2, -0.15) is 0 Å². The molecule has 11 heavy (non-hydrogen) atoms. The monoisotopic (exact) mass is 185 g/mol. The van der Waals surface area contributed by atoms with Crippen LogP contribution in [0.1, 0.15) is 0 Å². The van der Waals surface area contributed by atoms with Crippen molar-refractivity contribution >= 4 is 12.4 Å². The SMILES string of the molecule is COCC(O)(CN)COC.Cl. The molecule has 0 saturated heterocycles. The van der Waals surface area contributed by atoms with E-state index in [1.165, 1.54) is 14.2 Å². The van der Waals surface area contributed by atoms with Crippen LogP contribution in [-0.2, 0) is 9.47 Å². The molecule has 0 aliphatic heterocycles. The Morgan fingerprint density at radius 2 is 1.64 bits per heavy atom. The first-order valence-electron chi connectivity index (χ1n) is 3.09. The van der Waals surface area contributed by atoms with Crippen molar-refractivity contribution in [3.05, 3.63) is 0 Å². The van der Waals surface area contributed by atoms with Crippen LogP contribution in [0.3, 0.4) is 0 Å². The van der Waals surface area contributed by atoms with Crippen molar-refractivity contribution in [1.82, 2.24) is 0 Å². The molecule has 5 heteroatoms. The highest BCUT2D eigenvalue weighted by Crippen LogP contribution is 2.02. The van der Waals surface area contributed by atoms with Gasteiger partial charge in [0.25, 0.3) is 0 Å². The molecule has 0 saturated carbocycles. The van der Waals surface area contributed by atoms with Crippen LogP contribution in [0.5, 0.6) is 0 Å². The maximum Gasteiger partial charge on any atom is 0.123 e. The second-order valence-electron chi connectivity index (χ2n) is 2.29. The number of methoxy groups -OCH3 is 2. The van der Waals surface area contributed by atoms with Crippen LogP contribution < -0.4 is 5.73 Å². The second-order valence-corrected chi connectivity index (χ2v) is 2.29. The van der Waals surface area contributed by atoms with Gasteiger partial charge in [-0.25, -0.2) is 0 Å². The lowest BCUT2D eigenvalue weighted by molar-refractivity contribution is -0.0704. The minimum Gasteiger partial charge on any atom is -0.384 e. The summed E-state index contributed by atoms with van der Waals surface area (Å²) in [7, 11) is 3.02. The molecule has 0 amide bonds. The molecule has 0 radical (unpaired) electrons. The molecule has 4 nitrogen and oxygen atoms in total. The van der Waals surface area contributed by atoms with Gasteiger partial charge in [0.2, 0.25) is 0 Å². The average Bonchev–Trinajstić information content (AvgIpc) is 1.89.